The first-order valence-electron chi connectivity index (χ1n) is 6.80. The summed E-state index contributed by atoms with van der Waals surface area (Å²) in [6.07, 6.45) is 1.01. The third-order valence-electron chi connectivity index (χ3n) is 3.29. The van der Waals surface area contributed by atoms with Gasteiger partial charge in [-0.15, -0.1) is 0 Å². The maximum Gasteiger partial charge on any atom is 0.123 e. The second kappa shape index (κ2) is 6.91. The SMILES string of the molecule is CCC(C)(C)C(OOCC(C)C)c1ccccc1. The van der Waals surface area contributed by atoms with Crippen molar-refractivity contribution in [3.63, 3.8) is 0 Å². The van der Waals surface area contributed by atoms with Crippen LogP contribution in [0.2, 0.25) is 0 Å². The van der Waals surface area contributed by atoms with Crippen LogP contribution in [0.5, 0.6) is 0 Å². The highest BCUT2D eigenvalue weighted by Gasteiger charge is 2.31. The fourth-order valence-electron chi connectivity index (χ4n) is 1.69. The van der Waals surface area contributed by atoms with Gasteiger partial charge in [0, 0.05) is 0 Å². The van der Waals surface area contributed by atoms with E-state index in [1.165, 1.54) is 5.56 Å². The van der Waals surface area contributed by atoms with Crippen molar-refractivity contribution in [3.8, 4) is 0 Å². The van der Waals surface area contributed by atoms with Crippen molar-refractivity contribution >= 4 is 0 Å². The van der Waals surface area contributed by atoms with Gasteiger partial charge in [0.1, 0.15) is 6.10 Å². The van der Waals surface area contributed by atoms with Gasteiger partial charge in [-0.25, -0.2) is 9.78 Å². The predicted molar refractivity (Wildman–Crippen MR) is 75.1 cm³/mol. The van der Waals surface area contributed by atoms with E-state index in [2.05, 4.69) is 46.8 Å². The first-order valence-corrected chi connectivity index (χ1v) is 6.80. The molecule has 0 bridgehead atoms. The number of hydrogen-bond acceptors (Lipinski definition) is 2. The predicted octanol–water partition coefficient (Wildman–Crippen LogP) is 4.77. The molecular formula is C16H26O2. The highest BCUT2D eigenvalue weighted by atomic mass is 17.2. The van der Waals surface area contributed by atoms with Gasteiger partial charge in [0.2, 0.25) is 0 Å². The Kier molecular flexibility index (Phi) is 5.83. The van der Waals surface area contributed by atoms with Crippen LogP contribution in [0.15, 0.2) is 30.3 Å². The highest BCUT2D eigenvalue weighted by molar-refractivity contribution is 5.19. The quantitative estimate of drug-likeness (QED) is 0.512. The van der Waals surface area contributed by atoms with Crippen LogP contribution in [0.25, 0.3) is 0 Å². The third-order valence-corrected chi connectivity index (χ3v) is 3.29. The van der Waals surface area contributed by atoms with Crippen molar-refractivity contribution in [2.75, 3.05) is 6.61 Å². The Morgan fingerprint density at radius 2 is 1.72 bits per heavy atom. The van der Waals surface area contributed by atoms with Crippen LogP contribution in [0, 0.1) is 11.3 Å². The second-order valence-corrected chi connectivity index (χ2v) is 5.91. The minimum absolute atomic E-state index is 0.0255. The van der Waals surface area contributed by atoms with E-state index in [1.54, 1.807) is 0 Å². The summed E-state index contributed by atoms with van der Waals surface area (Å²) in [4.78, 5) is 11.1. The monoisotopic (exact) mass is 250 g/mol. The number of rotatable bonds is 7. The Hall–Kier alpha value is -0.860. The zero-order valence-corrected chi connectivity index (χ0v) is 12.3. The molecule has 0 aromatic heterocycles. The molecule has 0 N–H and O–H groups in total. The van der Waals surface area contributed by atoms with Gasteiger partial charge in [-0.05, 0) is 23.3 Å². The van der Waals surface area contributed by atoms with E-state index in [9.17, 15) is 0 Å². The lowest BCUT2D eigenvalue weighted by atomic mass is 9.80. The summed E-state index contributed by atoms with van der Waals surface area (Å²) in [6.45, 7) is 11.5. The van der Waals surface area contributed by atoms with Gasteiger partial charge >= 0.3 is 0 Å². The molecule has 0 spiro atoms. The van der Waals surface area contributed by atoms with Gasteiger partial charge in [0.05, 0.1) is 6.61 Å². The molecule has 0 aliphatic carbocycles. The smallest absolute Gasteiger partial charge is 0.123 e. The summed E-state index contributed by atoms with van der Waals surface area (Å²) in [5.74, 6) is 0.478. The highest BCUT2D eigenvalue weighted by Crippen LogP contribution is 2.39. The maximum absolute atomic E-state index is 5.69. The minimum Gasteiger partial charge on any atom is -0.236 e. The molecule has 0 heterocycles. The Balaban J connectivity index is 2.77. The van der Waals surface area contributed by atoms with Crippen LogP contribution in [0.3, 0.4) is 0 Å². The van der Waals surface area contributed by atoms with Crippen LogP contribution >= 0.6 is 0 Å². The zero-order chi connectivity index (χ0) is 13.6. The Bertz CT molecular complexity index is 330. The van der Waals surface area contributed by atoms with Gasteiger partial charge in [-0.1, -0.05) is 65.0 Å². The van der Waals surface area contributed by atoms with Crippen molar-refractivity contribution in [2.45, 2.75) is 47.1 Å². The van der Waals surface area contributed by atoms with E-state index >= 15 is 0 Å². The van der Waals surface area contributed by atoms with Gasteiger partial charge in [0.25, 0.3) is 0 Å². The normalized spacial score (nSPS) is 13.9. The van der Waals surface area contributed by atoms with Crippen molar-refractivity contribution in [1.82, 2.24) is 0 Å². The lowest BCUT2D eigenvalue weighted by Gasteiger charge is -2.32. The number of hydrogen-bond donors (Lipinski definition) is 0. The molecule has 18 heavy (non-hydrogen) atoms. The van der Waals surface area contributed by atoms with E-state index in [4.69, 9.17) is 9.78 Å². The lowest BCUT2D eigenvalue weighted by Crippen LogP contribution is -2.24. The summed E-state index contributed by atoms with van der Waals surface area (Å²) in [5.41, 5.74) is 1.23. The molecule has 0 saturated carbocycles. The molecule has 1 atom stereocenters. The summed E-state index contributed by atoms with van der Waals surface area (Å²) in [7, 11) is 0. The van der Waals surface area contributed by atoms with Crippen molar-refractivity contribution in [3.05, 3.63) is 35.9 Å². The second-order valence-electron chi connectivity index (χ2n) is 5.91. The van der Waals surface area contributed by atoms with Crippen LogP contribution in [-0.4, -0.2) is 6.61 Å². The summed E-state index contributed by atoms with van der Waals surface area (Å²) < 4.78 is 0. The van der Waals surface area contributed by atoms with Crippen molar-refractivity contribution in [1.29, 1.82) is 0 Å². The van der Waals surface area contributed by atoms with Gasteiger partial charge < -0.3 is 0 Å². The van der Waals surface area contributed by atoms with E-state index in [0.717, 1.165) is 6.42 Å². The molecule has 1 aromatic carbocycles. The molecule has 2 heteroatoms. The summed E-state index contributed by atoms with van der Waals surface area (Å²) in [5, 5.41) is 0. The zero-order valence-electron chi connectivity index (χ0n) is 12.3. The van der Waals surface area contributed by atoms with E-state index in [-0.39, 0.29) is 11.5 Å². The fraction of sp³-hybridized carbons (Fsp3) is 0.625. The van der Waals surface area contributed by atoms with Gasteiger partial charge in [0.15, 0.2) is 0 Å². The van der Waals surface area contributed by atoms with E-state index in [1.807, 2.05) is 18.2 Å². The molecule has 1 aromatic rings. The standard InChI is InChI=1S/C16H26O2/c1-6-16(4,5)15(18-17-12-13(2)3)14-10-8-7-9-11-14/h7-11,13,15H,6,12H2,1-5H3. The van der Waals surface area contributed by atoms with Crippen LogP contribution in [0.1, 0.15) is 52.7 Å². The van der Waals surface area contributed by atoms with Gasteiger partial charge in [-0.2, -0.15) is 0 Å². The van der Waals surface area contributed by atoms with Crippen LogP contribution < -0.4 is 0 Å². The average molecular weight is 250 g/mol. The number of benzene rings is 1. The molecule has 0 aliphatic heterocycles. The molecule has 0 aliphatic rings. The Labute approximate surface area is 111 Å². The Morgan fingerprint density at radius 3 is 2.22 bits per heavy atom. The topological polar surface area (TPSA) is 18.5 Å². The largest absolute Gasteiger partial charge is 0.236 e. The van der Waals surface area contributed by atoms with E-state index in [0.29, 0.717) is 12.5 Å². The van der Waals surface area contributed by atoms with Crippen molar-refractivity contribution < 1.29 is 9.78 Å². The lowest BCUT2D eigenvalue weighted by molar-refractivity contribution is -0.350. The first-order chi connectivity index (χ1) is 8.47. The van der Waals surface area contributed by atoms with Crippen LogP contribution in [0.4, 0.5) is 0 Å². The van der Waals surface area contributed by atoms with Crippen LogP contribution in [-0.2, 0) is 9.78 Å². The first kappa shape index (κ1) is 15.2. The fourth-order valence-corrected chi connectivity index (χ4v) is 1.69. The molecule has 0 amide bonds. The average Bonchev–Trinajstić information content (AvgIpc) is 2.35. The molecule has 102 valence electrons. The summed E-state index contributed by atoms with van der Waals surface area (Å²) >= 11 is 0. The van der Waals surface area contributed by atoms with Crippen molar-refractivity contribution in [2.24, 2.45) is 11.3 Å². The molecule has 0 fully saturated rings. The summed E-state index contributed by atoms with van der Waals surface area (Å²) in [6, 6.07) is 10.3. The molecule has 2 nitrogen and oxygen atoms in total. The third kappa shape index (κ3) is 4.43. The molecule has 0 saturated heterocycles. The van der Waals surface area contributed by atoms with E-state index < -0.39 is 0 Å². The minimum atomic E-state index is -0.0255. The molecular weight excluding hydrogens is 224 g/mol. The van der Waals surface area contributed by atoms with Gasteiger partial charge in [-0.3, -0.25) is 0 Å². The molecule has 0 radical (unpaired) electrons. The Morgan fingerprint density at radius 1 is 1.11 bits per heavy atom. The molecule has 1 rings (SSSR count). The molecule has 1 unspecified atom stereocenters. The maximum atomic E-state index is 5.69.